The molecule has 0 spiro atoms. The van der Waals surface area contributed by atoms with Crippen LogP contribution in [0.5, 0.6) is 0 Å². The molecule has 0 aromatic carbocycles. The van der Waals surface area contributed by atoms with Crippen LogP contribution in [0.4, 0.5) is 17.6 Å². The number of rotatable bonds is 3. The summed E-state index contributed by atoms with van der Waals surface area (Å²) in [6.45, 7) is 0. The van der Waals surface area contributed by atoms with Crippen LogP contribution in [-0.2, 0) is 9.53 Å². The molecule has 6 heteroatoms. The Morgan fingerprint density at radius 3 is 1.80 bits per heavy atom. The zero-order chi connectivity index (χ0) is 8.41. The van der Waals surface area contributed by atoms with Crippen molar-refractivity contribution < 1.29 is 27.1 Å². The number of carbonyl (C=O) groups excluding carboxylic acids is 1. The maximum atomic E-state index is 11.7. The van der Waals surface area contributed by atoms with Crippen molar-refractivity contribution in [2.75, 3.05) is 7.11 Å². The van der Waals surface area contributed by atoms with Crippen LogP contribution in [0.25, 0.3) is 0 Å². The first-order valence-corrected chi connectivity index (χ1v) is 2.14. The maximum absolute atomic E-state index is 11.7. The maximum Gasteiger partial charge on any atom is 0.426 e. The quantitative estimate of drug-likeness (QED) is 0.455. The lowest BCUT2D eigenvalue weighted by Crippen LogP contribution is -2.43. The normalized spacial score (nSPS) is 13.3. The molecule has 0 amide bonds. The smallest absolute Gasteiger partial charge is 0.319 e. The van der Waals surface area contributed by atoms with Gasteiger partial charge in [0.15, 0.2) is 6.29 Å². The minimum atomic E-state index is -4.75. The molecule has 0 aromatic rings. The second-order valence-corrected chi connectivity index (χ2v) is 1.46. The zero-order valence-corrected chi connectivity index (χ0v) is 4.91. The highest BCUT2D eigenvalue weighted by Crippen LogP contribution is 2.32. The van der Waals surface area contributed by atoms with E-state index in [1.54, 1.807) is 0 Å². The Morgan fingerprint density at radius 2 is 1.70 bits per heavy atom. The number of ether oxygens (including phenoxy) is 1. The SMILES string of the molecule is COC(F)(F)C(F)(F)C=O. The summed E-state index contributed by atoms with van der Waals surface area (Å²) >= 11 is 0. The van der Waals surface area contributed by atoms with E-state index in [9.17, 15) is 22.4 Å². The molecule has 0 unspecified atom stereocenters. The Bertz CT molecular complexity index is 133. The lowest BCUT2D eigenvalue weighted by atomic mass is 10.3. The van der Waals surface area contributed by atoms with Crippen molar-refractivity contribution in [3.05, 3.63) is 0 Å². The van der Waals surface area contributed by atoms with Gasteiger partial charge in [0.2, 0.25) is 0 Å². The van der Waals surface area contributed by atoms with E-state index in [2.05, 4.69) is 4.74 Å². The molecule has 0 heterocycles. The summed E-state index contributed by atoms with van der Waals surface area (Å²) in [7, 11) is 0.386. The van der Waals surface area contributed by atoms with Crippen LogP contribution >= 0.6 is 0 Å². The first kappa shape index (κ1) is 9.35. The highest BCUT2D eigenvalue weighted by molar-refractivity contribution is 5.61. The lowest BCUT2D eigenvalue weighted by molar-refractivity contribution is -0.318. The Hall–Kier alpha value is -0.650. The molecular formula is C4H4F4O2. The Balaban J connectivity index is 4.43. The number of halogens is 4. The van der Waals surface area contributed by atoms with Gasteiger partial charge >= 0.3 is 12.0 Å². The van der Waals surface area contributed by atoms with Crippen molar-refractivity contribution in [3.8, 4) is 0 Å². The van der Waals surface area contributed by atoms with Crippen LogP contribution in [0.1, 0.15) is 0 Å². The molecule has 0 rings (SSSR count). The van der Waals surface area contributed by atoms with E-state index >= 15 is 0 Å². The van der Waals surface area contributed by atoms with Crippen LogP contribution in [0.15, 0.2) is 0 Å². The van der Waals surface area contributed by atoms with E-state index in [-0.39, 0.29) is 0 Å². The van der Waals surface area contributed by atoms with E-state index < -0.39 is 18.3 Å². The summed E-state index contributed by atoms with van der Waals surface area (Å²) in [6, 6.07) is 0. The summed E-state index contributed by atoms with van der Waals surface area (Å²) in [6.07, 6.45) is -5.87. The molecule has 0 bridgehead atoms. The average molecular weight is 160 g/mol. The van der Waals surface area contributed by atoms with Gasteiger partial charge in [0.05, 0.1) is 0 Å². The molecule has 0 radical (unpaired) electrons. The van der Waals surface area contributed by atoms with Gasteiger partial charge in [-0.3, -0.25) is 4.79 Å². The van der Waals surface area contributed by atoms with Crippen LogP contribution in [-0.4, -0.2) is 25.4 Å². The predicted octanol–water partition coefficient (Wildman–Crippen LogP) is 1.06. The van der Waals surface area contributed by atoms with Crippen molar-refractivity contribution in [1.29, 1.82) is 0 Å². The summed E-state index contributed by atoms with van der Waals surface area (Å²) in [5.74, 6) is -4.75. The summed E-state index contributed by atoms with van der Waals surface area (Å²) in [5, 5.41) is 0. The first-order chi connectivity index (χ1) is 4.37. The van der Waals surface area contributed by atoms with Crippen molar-refractivity contribution >= 4 is 6.29 Å². The Morgan fingerprint density at radius 1 is 1.30 bits per heavy atom. The van der Waals surface area contributed by atoms with Crippen molar-refractivity contribution in [1.82, 2.24) is 0 Å². The standard InChI is InChI=1S/C4H4F4O2/c1-10-4(7,8)3(5,6)2-9/h2H,1H3. The minimum absolute atomic E-state index is 0.386. The summed E-state index contributed by atoms with van der Waals surface area (Å²) in [4.78, 5) is 9.32. The van der Waals surface area contributed by atoms with Crippen molar-refractivity contribution in [2.24, 2.45) is 0 Å². The molecule has 0 aliphatic carbocycles. The van der Waals surface area contributed by atoms with Crippen LogP contribution < -0.4 is 0 Å². The third-order valence-corrected chi connectivity index (χ3v) is 0.792. The van der Waals surface area contributed by atoms with E-state index in [1.165, 1.54) is 0 Å². The zero-order valence-electron chi connectivity index (χ0n) is 4.91. The summed E-state index contributed by atoms with van der Waals surface area (Å²) in [5.41, 5.74) is 0. The van der Waals surface area contributed by atoms with Crippen molar-refractivity contribution in [3.63, 3.8) is 0 Å². The molecule has 0 aliphatic heterocycles. The second kappa shape index (κ2) is 2.53. The molecule has 2 nitrogen and oxygen atoms in total. The molecule has 10 heavy (non-hydrogen) atoms. The molecule has 0 atom stereocenters. The van der Waals surface area contributed by atoms with Crippen LogP contribution in [0.3, 0.4) is 0 Å². The molecule has 0 aliphatic rings. The van der Waals surface area contributed by atoms with Gasteiger partial charge in [-0.05, 0) is 0 Å². The number of alkyl halides is 4. The average Bonchev–Trinajstić information content (AvgIpc) is 1.88. The monoisotopic (exact) mass is 160 g/mol. The number of hydrogen-bond donors (Lipinski definition) is 0. The van der Waals surface area contributed by atoms with Gasteiger partial charge in [0.1, 0.15) is 0 Å². The van der Waals surface area contributed by atoms with Gasteiger partial charge in [-0.2, -0.15) is 17.6 Å². The fourth-order valence-electron chi connectivity index (χ4n) is 0.205. The summed E-state index contributed by atoms with van der Waals surface area (Å²) < 4.78 is 49.9. The topological polar surface area (TPSA) is 26.3 Å². The molecule has 0 saturated heterocycles. The molecule has 0 saturated carbocycles. The van der Waals surface area contributed by atoms with Crippen LogP contribution in [0.2, 0.25) is 0 Å². The van der Waals surface area contributed by atoms with Gasteiger partial charge in [-0.1, -0.05) is 0 Å². The van der Waals surface area contributed by atoms with Gasteiger partial charge in [-0.25, -0.2) is 0 Å². The minimum Gasteiger partial charge on any atom is -0.319 e. The second-order valence-electron chi connectivity index (χ2n) is 1.46. The fraction of sp³-hybridized carbons (Fsp3) is 0.750. The molecule has 0 fully saturated rings. The van der Waals surface area contributed by atoms with E-state index in [4.69, 9.17) is 0 Å². The van der Waals surface area contributed by atoms with E-state index in [0.717, 1.165) is 0 Å². The highest BCUT2D eigenvalue weighted by atomic mass is 19.3. The Kier molecular flexibility index (Phi) is 2.37. The molecule has 0 N–H and O–H groups in total. The van der Waals surface area contributed by atoms with E-state index in [0.29, 0.717) is 7.11 Å². The van der Waals surface area contributed by atoms with Gasteiger partial charge in [0, 0.05) is 7.11 Å². The van der Waals surface area contributed by atoms with Crippen molar-refractivity contribution in [2.45, 2.75) is 12.0 Å². The van der Waals surface area contributed by atoms with E-state index in [1.807, 2.05) is 0 Å². The lowest BCUT2D eigenvalue weighted by Gasteiger charge is -2.18. The largest absolute Gasteiger partial charge is 0.426 e. The molecule has 60 valence electrons. The first-order valence-electron chi connectivity index (χ1n) is 2.14. The van der Waals surface area contributed by atoms with Gasteiger partial charge < -0.3 is 4.74 Å². The predicted molar refractivity (Wildman–Crippen MR) is 23.0 cm³/mol. The van der Waals surface area contributed by atoms with Gasteiger partial charge in [0.25, 0.3) is 0 Å². The Labute approximate surface area is 53.8 Å². The van der Waals surface area contributed by atoms with Gasteiger partial charge in [-0.15, -0.1) is 0 Å². The molecule has 0 aromatic heterocycles. The third-order valence-electron chi connectivity index (χ3n) is 0.792. The fourth-order valence-corrected chi connectivity index (χ4v) is 0.205. The molecular weight excluding hydrogens is 156 g/mol. The number of aldehydes is 1. The highest BCUT2D eigenvalue weighted by Gasteiger charge is 2.57. The van der Waals surface area contributed by atoms with Crippen LogP contribution in [0, 0.1) is 0 Å². The number of hydrogen-bond acceptors (Lipinski definition) is 2. The number of methoxy groups -OCH3 is 1. The third kappa shape index (κ3) is 1.44. The number of carbonyl (C=O) groups is 1.